The van der Waals surface area contributed by atoms with E-state index in [-0.39, 0.29) is 44.4 Å². The van der Waals surface area contributed by atoms with Crippen LogP contribution in [0.3, 0.4) is 0 Å². The van der Waals surface area contributed by atoms with Crippen LogP contribution in [-0.2, 0) is 4.79 Å². The fourth-order valence-electron chi connectivity index (χ4n) is 1.07. The second-order valence-electron chi connectivity index (χ2n) is 2.37. The normalized spacial score (nSPS) is 16.3. The molecule has 0 saturated carbocycles. The standard InChI is InChI=1S/C7H12NO.CH3.U/c1-7(9)8-5-3-2-4-6-8;;/h2H,3-6H2,1H3;1H3;/q2*-1;+2. The van der Waals surface area contributed by atoms with Crippen LogP contribution in [0.25, 0.3) is 0 Å². The Morgan fingerprint density at radius 2 is 1.82 bits per heavy atom. The Morgan fingerprint density at radius 3 is 2.09 bits per heavy atom. The molecule has 1 amide bonds. The molecule has 0 N–H and O–H groups in total. The molecule has 1 aliphatic heterocycles. The van der Waals surface area contributed by atoms with E-state index in [4.69, 9.17) is 0 Å². The molecule has 0 aromatic rings. The van der Waals surface area contributed by atoms with E-state index in [2.05, 4.69) is 6.42 Å². The molecule has 62 valence electrons. The summed E-state index contributed by atoms with van der Waals surface area (Å²) >= 11 is 0. The van der Waals surface area contributed by atoms with E-state index >= 15 is 0 Å². The Morgan fingerprint density at radius 1 is 1.36 bits per heavy atom. The molecule has 0 unspecified atom stereocenters. The zero-order valence-corrected chi connectivity index (χ0v) is 11.4. The Hall–Kier alpha value is 0.522. The van der Waals surface area contributed by atoms with Crippen molar-refractivity contribution in [2.24, 2.45) is 0 Å². The van der Waals surface area contributed by atoms with Gasteiger partial charge in [0.2, 0.25) is 5.91 Å². The van der Waals surface area contributed by atoms with Gasteiger partial charge in [-0.3, -0.25) is 4.79 Å². The van der Waals surface area contributed by atoms with Crippen molar-refractivity contribution in [2.75, 3.05) is 13.1 Å². The minimum Gasteiger partial charge on any atom is -0.358 e. The predicted molar refractivity (Wildman–Crippen MR) is 42.2 cm³/mol. The van der Waals surface area contributed by atoms with Gasteiger partial charge in [-0.15, -0.1) is 0 Å². The Labute approximate surface area is 93.1 Å². The molecule has 1 rings (SSSR count). The molecule has 1 heterocycles. The van der Waals surface area contributed by atoms with E-state index in [9.17, 15) is 4.79 Å². The third-order valence-corrected chi connectivity index (χ3v) is 1.65. The molecule has 0 aromatic carbocycles. The maximum absolute atomic E-state index is 10.7. The van der Waals surface area contributed by atoms with Crippen LogP contribution in [0.5, 0.6) is 0 Å². The molecule has 0 bridgehead atoms. The van der Waals surface area contributed by atoms with Crippen molar-refractivity contribution in [3.05, 3.63) is 13.8 Å². The monoisotopic (exact) mass is 379 g/mol. The van der Waals surface area contributed by atoms with E-state index in [1.807, 2.05) is 4.90 Å². The van der Waals surface area contributed by atoms with Crippen molar-refractivity contribution in [1.29, 1.82) is 0 Å². The summed E-state index contributed by atoms with van der Waals surface area (Å²) in [5.41, 5.74) is 0. The van der Waals surface area contributed by atoms with Gasteiger partial charge in [0, 0.05) is 6.92 Å². The average Bonchev–Trinajstić information content (AvgIpc) is 1.90. The molecule has 0 radical (unpaired) electrons. The van der Waals surface area contributed by atoms with E-state index in [0.717, 1.165) is 25.9 Å². The molecule has 0 atom stereocenters. The summed E-state index contributed by atoms with van der Waals surface area (Å²) < 4.78 is 0. The number of likely N-dealkylation sites (tertiary alicyclic amines) is 1. The van der Waals surface area contributed by atoms with Crippen molar-refractivity contribution in [3.63, 3.8) is 0 Å². The van der Waals surface area contributed by atoms with Crippen LogP contribution in [0.15, 0.2) is 0 Å². The molecular formula is C8H15NOU. The number of piperidine rings is 1. The third kappa shape index (κ3) is 4.87. The van der Waals surface area contributed by atoms with E-state index in [0.29, 0.717) is 0 Å². The largest absolute Gasteiger partial charge is 2.00 e. The molecule has 11 heavy (non-hydrogen) atoms. The number of amides is 1. The Balaban J connectivity index is 0. The second-order valence-corrected chi connectivity index (χ2v) is 2.37. The first-order chi connectivity index (χ1) is 4.30. The molecule has 0 spiro atoms. The minimum atomic E-state index is 0. The molecule has 0 aromatic heterocycles. The van der Waals surface area contributed by atoms with E-state index in [1.54, 1.807) is 6.92 Å². The number of carbonyl (C=O) groups excluding carboxylic acids is 1. The summed E-state index contributed by atoms with van der Waals surface area (Å²) in [5, 5.41) is 0. The average molecular weight is 379 g/mol. The summed E-state index contributed by atoms with van der Waals surface area (Å²) in [7, 11) is 0. The molecular weight excluding hydrogens is 364 g/mol. The van der Waals surface area contributed by atoms with Gasteiger partial charge in [0.25, 0.3) is 0 Å². The van der Waals surface area contributed by atoms with Gasteiger partial charge in [-0.2, -0.15) is 12.8 Å². The Kier molecular flexibility index (Phi) is 9.19. The van der Waals surface area contributed by atoms with Crippen LogP contribution in [0.2, 0.25) is 0 Å². The summed E-state index contributed by atoms with van der Waals surface area (Å²) in [6.45, 7) is 3.48. The van der Waals surface area contributed by atoms with Gasteiger partial charge in [-0.05, 0) is 13.1 Å². The topological polar surface area (TPSA) is 20.3 Å². The molecule has 1 fully saturated rings. The molecule has 0 aliphatic carbocycles. The van der Waals surface area contributed by atoms with E-state index in [1.165, 1.54) is 0 Å². The van der Waals surface area contributed by atoms with Crippen molar-refractivity contribution < 1.29 is 35.9 Å². The zero-order valence-electron chi connectivity index (χ0n) is 7.26. The number of hydrogen-bond acceptors (Lipinski definition) is 1. The number of nitrogens with zero attached hydrogens (tertiary/aromatic N) is 1. The Bertz CT molecular complexity index is 111. The fourth-order valence-corrected chi connectivity index (χ4v) is 1.07. The number of hydrogen-bond donors (Lipinski definition) is 0. The van der Waals surface area contributed by atoms with Crippen molar-refractivity contribution in [1.82, 2.24) is 4.90 Å². The summed E-state index contributed by atoms with van der Waals surface area (Å²) in [6.07, 6.45) is 4.37. The van der Waals surface area contributed by atoms with Crippen molar-refractivity contribution in [3.8, 4) is 0 Å². The quantitative estimate of drug-likeness (QED) is 0.581. The number of rotatable bonds is 0. The maximum atomic E-state index is 10.7. The van der Waals surface area contributed by atoms with Crippen LogP contribution < -0.4 is 0 Å². The van der Waals surface area contributed by atoms with Crippen molar-refractivity contribution >= 4 is 5.91 Å². The number of carbonyl (C=O) groups is 1. The van der Waals surface area contributed by atoms with Gasteiger partial charge in [0.15, 0.2) is 0 Å². The summed E-state index contributed by atoms with van der Waals surface area (Å²) in [4.78, 5) is 12.6. The van der Waals surface area contributed by atoms with Gasteiger partial charge in [0.05, 0.1) is 0 Å². The predicted octanol–water partition coefficient (Wildman–Crippen LogP) is 1.28. The van der Waals surface area contributed by atoms with Crippen LogP contribution in [0.1, 0.15) is 19.8 Å². The summed E-state index contributed by atoms with van der Waals surface area (Å²) in [5.74, 6) is 0.211. The zero-order chi connectivity index (χ0) is 6.69. The van der Waals surface area contributed by atoms with E-state index < -0.39 is 0 Å². The van der Waals surface area contributed by atoms with Crippen molar-refractivity contribution in [2.45, 2.75) is 19.8 Å². The first kappa shape index (κ1) is 14.1. The third-order valence-electron chi connectivity index (χ3n) is 1.65. The molecule has 1 saturated heterocycles. The second kappa shape index (κ2) is 7.19. The molecule has 2 nitrogen and oxygen atoms in total. The van der Waals surface area contributed by atoms with Gasteiger partial charge in [-0.25, -0.2) is 0 Å². The minimum absolute atomic E-state index is 0. The van der Waals surface area contributed by atoms with Gasteiger partial charge >= 0.3 is 31.1 Å². The van der Waals surface area contributed by atoms with Crippen LogP contribution in [-0.4, -0.2) is 23.9 Å². The van der Waals surface area contributed by atoms with Gasteiger partial charge in [-0.1, -0.05) is 0 Å². The van der Waals surface area contributed by atoms with Crippen LogP contribution >= 0.6 is 0 Å². The maximum Gasteiger partial charge on any atom is 2.00 e. The first-order valence-electron chi connectivity index (χ1n) is 3.38. The summed E-state index contributed by atoms with van der Waals surface area (Å²) in [6, 6.07) is 0. The fraction of sp³-hybridized carbons (Fsp3) is 0.625. The smallest absolute Gasteiger partial charge is 0.358 e. The van der Waals surface area contributed by atoms with Gasteiger partial charge < -0.3 is 18.7 Å². The molecule has 3 heteroatoms. The first-order valence-corrected chi connectivity index (χ1v) is 3.38. The van der Waals surface area contributed by atoms with Crippen LogP contribution in [0, 0.1) is 45.0 Å². The SMILES string of the molecule is CC(=O)N1CC[CH-]CC1.[CH3-].[U+2]. The van der Waals surface area contributed by atoms with Crippen LogP contribution in [0.4, 0.5) is 0 Å². The molecule has 1 aliphatic rings. The van der Waals surface area contributed by atoms with Gasteiger partial charge in [0.1, 0.15) is 0 Å².